The highest BCUT2D eigenvalue weighted by Gasteiger charge is 2.30. The molecule has 7 heteroatoms. The zero-order chi connectivity index (χ0) is 19.9. The Morgan fingerprint density at radius 1 is 1.15 bits per heavy atom. The first-order valence-corrected chi connectivity index (χ1v) is 8.30. The van der Waals surface area contributed by atoms with E-state index in [0.717, 1.165) is 18.6 Å². The Bertz CT molecular complexity index is 816. The first kappa shape index (κ1) is 20.4. The summed E-state index contributed by atoms with van der Waals surface area (Å²) >= 11 is 0. The van der Waals surface area contributed by atoms with Crippen LogP contribution >= 0.6 is 0 Å². The maximum atomic E-state index is 12.7. The second-order valence-corrected chi connectivity index (χ2v) is 5.66. The first-order chi connectivity index (χ1) is 12.8. The molecule has 0 aliphatic heterocycles. The number of amides is 1. The molecule has 0 bridgehead atoms. The van der Waals surface area contributed by atoms with Crippen molar-refractivity contribution in [3.05, 3.63) is 59.7 Å². The molecule has 4 nitrogen and oxygen atoms in total. The summed E-state index contributed by atoms with van der Waals surface area (Å²) in [6, 6.07) is 9.65. The number of hydrogen-bond donors (Lipinski definition) is 1. The Morgan fingerprint density at radius 2 is 1.93 bits per heavy atom. The number of rotatable bonds is 7. The van der Waals surface area contributed by atoms with Crippen LogP contribution in [0.4, 0.5) is 18.9 Å². The third-order valence-electron chi connectivity index (χ3n) is 3.53. The van der Waals surface area contributed by atoms with Crippen LogP contribution in [-0.4, -0.2) is 19.6 Å². The molecule has 144 valence electrons. The summed E-state index contributed by atoms with van der Waals surface area (Å²) in [6.45, 7) is 2.55. The van der Waals surface area contributed by atoms with Gasteiger partial charge in [0.1, 0.15) is 0 Å². The van der Waals surface area contributed by atoms with Crippen LogP contribution in [0.5, 0.6) is 11.5 Å². The number of nitrogens with one attached hydrogen (secondary N) is 1. The monoisotopic (exact) mass is 379 g/mol. The van der Waals surface area contributed by atoms with Crippen LogP contribution < -0.4 is 14.8 Å². The van der Waals surface area contributed by atoms with E-state index in [1.165, 1.54) is 31.4 Å². The highest BCUT2D eigenvalue weighted by molar-refractivity contribution is 6.02. The van der Waals surface area contributed by atoms with Gasteiger partial charge in [-0.1, -0.05) is 19.1 Å². The van der Waals surface area contributed by atoms with E-state index in [9.17, 15) is 18.0 Å². The average molecular weight is 379 g/mol. The maximum absolute atomic E-state index is 12.7. The fourth-order valence-electron chi connectivity index (χ4n) is 2.25. The van der Waals surface area contributed by atoms with Crippen molar-refractivity contribution in [1.82, 2.24) is 0 Å². The number of carbonyl (C=O) groups is 1. The van der Waals surface area contributed by atoms with Crippen molar-refractivity contribution in [2.24, 2.45) is 0 Å². The molecule has 0 heterocycles. The predicted octanol–water partition coefficient (Wildman–Crippen LogP) is 5.15. The Hall–Kier alpha value is -2.96. The van der Waals surface area contributed by atoms with E-state index in [4.69, 9.17) is 9.47 Å². The molecule has 0 radical (unpaired) electrons. The Balaban J connectivity index is 2.06. The molecule has 2 rings (SSSR count). The van der Waals surface area contributed by atoms with E-state index in [0.29, 0.717) is 23.7 Å². The van der Waals surface area contributed by atoms with Gasteiger partial charge in [-0.15, -0.1) is 0 Å². The molecular formula is C20H20F3NO3. The number of carbonyl (C=O) groups excluding carboxylic acids is 1. The van der Waals surface area contributed by atoms with Gasteiger partial charge in [-0.3, -0.25) is 4.79 Å². The Labute approximate surface area is 155 Å². The van der Waals surface area contributed by atoms with Crippen LogP contribution in [0.25, 0.3) is 6.08 Å². The zero-order valence-electron chi connectivity index (χ0n) is 15.0. The Morgan fingerprint density at radius 3 is 2.59 bits per heavy atom. The molecule has 0 unspecified atom stereocenters. The predicted molar refractivity (Wildman–Crippen MR) is 97.9 cm³/mol. The van der Waals surface area contributed by atoms with E-state index in [1.54, 1.807) is 18.2 Å². The molecule has 1 N–H and O–H groups in total. The van der Waals surface area contributed by atoms with Crippen molar-refractivity contribution in [2.75, 3.05) is 19.0 Å². The quantitative estimate of drug-likeness (QED) is 0.677. The second-order valence-electron chi connectivity index (χ2n) is 5.66. The molecule has 0 aliphatic carbocycles. The number of hydrogen-bond acceptors (Lipinski definition) is 3. The molecule has 0 fully saturated rings. The molecule has 2 aromatic rings. The van der Waals surface area contributed by atoms with Gasteiger partial charge >= 0.3 is 6.18 Å². The SMILES string of the molecule is CCCOc1ccc(/C=C/C(=O)Nc2cccc(C(F)(F)F)c2)cc1OC. The van der Waals surface area contributed by atoms with Crippen molar-refractivity contribution >= 4 is 17.7 Å². The standard InChI is InChI=1S/C20H20F3NO3/c1-3-11-27-17-9-7-14(12-18(17)26-2)8-10-19(25)24-16-6-4-5-15(13-16)20(21,22)23/h4-10,12-13H,3,11H2,1-2H3,(H,24,25)/b10-8+. The number of halogens is 3. The maximum Gasteiger partial charge on any atom is 0.416 e. The minimum absolute atomic E-state index is 0.0698. The molecule has 27 heavy (non-hydrogen) atoms. The molecule has 0 aromatic heterocycles. The normalized spacial score (nSPS) is 11.4. The van der Waals surface area contributed by atoms with Crippen molar-refractivity contribution < 1.29 is 27.4 Å². The largest absolute Gasteiger partial charge is 0.493 e. The summed E-state index contributed by atoms with van der Waals surface area (Å²) in [7, 11) is 1.52. The smallest absolute Gasteiger partial charge is 0.416 e. The van der Waals surface area contributed by atoms with Crippen LogP contribution in [0.1, 0.15) is 24.5 Å². The molecule has 0 aliphatic rings. The van der Waals surface area contributed by atoms with E-state index < -0.39 is 17.6 Å². The summed E-state index contributed by atoms with van der Waals surface area (Å²) in [5.74, 6) is 0.591. The molecule has 0 spiro atoms. The van der Waals surface area contributed by atoms with Gasteiger partial charge in [-0.2, -0.15) is 13.2 Å². The van der Waals surface area contributed by atoms with Crippen molar-refractivity contribution in [2.45, 2.75) is 19.5 Å². The first-order valence-electron chi connectivity index (χ1n) is 8.30. The van der Waals surface area contributed by atoms with E-state index in [-0.39, 0.29) is 5.69 Å². The highest BCUT2D eigenvalue weighted by atomic mass is 19.4. The number of ether oxygens (including phenoxy) is 2. The van der Waals surface area contributed by atoms with E-state index in [1.807, 2.05) is 6.92 Å². The van der Waals surface area contributed by atoms with Crippen LogP contribution in [0.3, 0.4) is 0 Å². The van der Waals surface area contributed by atoms with Gasteiger partial charge in [0.25, 0.3) is 0 Å². The molecule has 0 atom stereocenters. The lowest BCUT2D eigenvalue weighted by molar-refractivity contribution is -0.137. The van der Waals surface area contributed by atoms with Crippen LogP contribution in [0.2, 0.25) is 0 Å². The molecule has 1 amide bonds. The summed E-state index contributed by atoms with van der Waals surface area (Å²) < 4.78 is 48.9. The van der Waals surface area contributed by atoms with E-state index >= 15 is 0 Å². The summed E-state index contributed by atoms with van der Waals surface area (Å²) in [4.78, 5) is 12.0. The van der Waals surface area contributed by atoms with Gasteiger partial charge in [0, 0.05) is 11.8 Å². The molecule has 2 aromatic carbocycles. The van der Waals surface area contributed by atoms with Gasteiger partial charge in [-0.05, 0) is 48.4 Å². The third kappa shape index (κ3) is 6.06. The third-order valence-corrected chi connectivity index (χ3v) is 3.53. The Kier molecular flexibility index (Phi) is 6.87. The van der Waals surface area contributed by atoms with Crippen LogP contribution in [0, 0.1) is 0 Å². The van der Waals surface area contributed by atoms with Gasteiger partial charge in [-0.25, -0.2) is 0 Å². The fourth-order valence-corrected chi connectivity index (χ4v) is 2.25. The number of alkyl halides is 3. The van der Waals surface area contributed by atoms with E-state index in [2.05, 4.69) is 5.32 Å². The van der Waals surface area contributed by atoms with Crippen molar-refractivity contribution in [3.63, 3.8) is 0 Å². The second kappa shape index (κ2) is 9.12. The van der Waals surface area contributed by atoms with Crippen molar-refractivity contribution in [1.29, 1.82) is 0 Å². The average Bonchev–Trinajstić information content (AvgIpc) is 2.64. The van der Waals surface area contributed by atoms with Gasteiger partial charge in [0.05, 0.1) is 19.3 Å². The van der Waals surface area contributed by atoms with Gasteiger partial charge in [0.2, 0.25) is 5.91 Å². The van der Waals surface area contributed by atoms with Gasteiger partial charge in [0.15, 0.2) is 11.5 Å². The number of anilines is 1. The lowest BCUT2D eigenvalue weighted by Gasteiger charge is -2.10. The van der Waals surface area contributed by atoms with Gasteiger partial charge < -0.3 is 14.8 Å². The number of benzene rings is 2. The fraction of sp³-hybridized carbons (Fsp3) is 0.250. The summed E-state index contributed by atoms with van der Waals surface area (Å²) in [6.07, 6.45) is -0.827. The zero-order valence-corrected chi connectivity index (χ0v) is 15.0. The number of methoxy groups -OCH3 is 1. The minimum Gasteiger partial charge on any atom is -0.493 e. The topological polar surface area (TPSA) is 47.6 Å². The molecule has 0 saturated carbocycles. The van der Waals surface area contributed by atoms with Crippen LogP contribution in [0.15, 0.2) is 48.5 Å². The summed E-state index contributed by atoms with van der Waals surface area (Å²) in [5.41, 5.74) is -0.0630. The lowest BCUT2D eigenvalue weighted by atomic mass is 10.1. The molecule has 0 saturated heterocycles. The lowest BCUT2D eigenvalue weighted by Crippen LogP contribution is -2.10. The summed E-state index contributed by atoms with van der Waals surface area (Å²) in [5, 5.41) is 2.41. The van der Waals surface area contributed by atoms with Crippen LogP contribution in [-0.2, 0) is 11.0 Å². The minimum atomic E-state index is -4.46. The molecular weight excluding hydrogens is 359 g/mol. The van der Waals surface area contributed by atoms with Crippen molar-refractivity contribution in [3.8, 4) is 11.5 Å². The highest BCUT2D eigenvalue weighted by Crippen LogP contribution is 2.31.